The molecule has 17 heavy (non-hydrogen) atoms. The molecule has 98 valence electrons. The van der Waals surface area contributed by atoms with Crippen LogP contribution in [0.3, 0.4) is 0 Å². The molecule has 0 aromatic heterocycles. The van der Waals surface area contributed by atoms with Crippen LogP contribution >= 0.6 is 0 Å². The quantitative estimate of drug-likeness (QED) is 0.302. The summed E-state index contributed by atoms with van der Waals surface area (Å²) in [6, 6.07) is 2.52. The number of rotatable bonds is 8. The first-order valence-corrected chi connectivity index (χ1v) is 7.06. The minimum Gasteiger partial charge on any atom is -0.300 e. The zero-order chi connectivity index (χ0) is 13.5. The van der Waals surface area contributed by atoms with Crippen molar-refractivity contribution in [1.82, 2.24) is 0 Å². The monoisotopic (exact) mass is 262 g/mol. The van der Waals surface area contributed by atoms with Crippen molar-refractivity contribution in [2.75, 3.05) is 25.9 Å². The van der Waals surface area contributed by atoms with Gasteiger partial charge in [0.1, 0.15) is 24.1 Å². The Bertz CT molecular complexity index is 396. The molecule has 0 radical (unpaired) electrons. The van der Waals surface area contributed by atoms with Crippen molar-refractivity contribution in [3.63, 3.8) is 0 Å². The van der Waals surface area contributed by atoms with Crippen LogP contribution in [-0.4, -0.2) is 49.1 Å². The molecule has 0 spiro atoms. The number of carbonyl (C=O) groups is 1. The summed E-state index contributed by atoms with van der Waals surface area (Å²) in [5, 5.41) is 0. The van der Waals surface area contributed by atoms with Crippen LogP contribution in [-0.2, 0) is 14.9 Å². The lowest BCUT2D eigenvalue weighted by Gasteiger charge is -2.26. The van der Waals surface area contributed by atoms with E-state index in [2.05, 4.69) is 6.04 Å². The first-order valence-electron chi connectivity index (χ1n) is 5.45. The second-order valence-corrected chi connectivity index (χ2v) is 5.99. The number of ketones is 1. The SMILES string of the molecule is C#C[N+](C)(CCCCC(C)=O)CCS(=O)(=O)O. The van der Waals surface area contributed by atoms with E-state index in [1.165, 1.54) is 6.92 Å². The minimum atomic E-state index is -3.98. The van der Waals surface area contributed by atoms with Crippen LogP contribution < -0.4 is 0 Å². The largest absolute Gasteiger partial charge is 0.300 e. The average molecular weight is 262 g/mol. The molecular formula is C11H20NO4S+. The van der Waals surface area contributed by atoms with Crippen molar-refractivity contribution >= 4 is 15.9 Å². The molecule has 0 saturated carbocycles. The van der Waals surface area contributed by atoms with Crippen LogP contribution in [0.4, 0.5) is 0 Å². The molecule has 1 unspecified atom stereocenters. The highest BCUT2D eigenvalue weighted by Gasteiger charge is 2.22. The Morgan fingerprint density at radius 1 is 1.35 bits per heavy atom. The maximum Gasteiger partial charge on any atom is 0.270 e. The number of hydrogen-bond donors (Lipinski definition) is 1. The van der Waals surface area contributed by atoms with E-state index < -0.39 is 10.1 Å². The highest BCUT2D eigenvalue weighted by Crippen LogP contribution is 2.06. The lowest BCUT2D eigenvalue weighted by molar-refractivity contribution is -0.841. The fourth-order valence-corrected chi connectivity index (χ4v) is 2.03. The van der Waals surface area contributed by atoms with Gasteiger partial charge in [-0.15, -0.1) is 0 Å². The third kappa shape index (κ3) is 8.86. The molecule has 0 aliphatic carbocycles. The highest BCUT2D eigenvalue weighted by molar-refractivity contribution is 7.85. The molecule has 0 heterocycles. The summed E-state index contributed by atoms with van der Waals surface area (Å²) < 4.78 is 30.1. The molecule has 5 nitrogen and oxygen atoms in total. The summed E-state index contributed by atoms with van der Waals surface area (Å²) in [6.07, 6.45) is 7.38. The Labute approximate surface area is 103 Å². The molecule has 1 N–H and O–H groups in total. The fourth-order valence-electron chi connectivity index (χ4n) is 1.39. The Morgan fingerprint density at radius 2 is 1.94 bits per heavy atom. The van der Waals surface area contributed by atoms with Gasteiger partial charge >= 0.3 is 0 Å². The minimum absolute atomic E-state index is 0.137. The van der Waals surface area contributed by atoms with Gasteiger partial charge in [0.25, 0.3) is 10.1 Å². The molecule has 0 rings (SSSR count). The van der Waals surface area contributed by atoms with Crippen LogP contribution in [0, 0.1) is 12.5 Å². The molecule has 0 amide bonds. The summed E-state index contributed by atoms with van der Waals surface area (Å²) in [4.78, 5) is 10.7. The molecule has 0 aliphatic rings. The Kier molecular flexibility index (Phi) is 6.39. The average Bonchev–Trinajstić information content (AvgIpc) is 2.20. The number of Topliss-reactive ketones (excluding diaryl/α,β-unsaturated/α-hetero) is 1. The number of terminal acetylenes is 1. The maximum atomic E-state index is 10.7. The van der Waals surface area contributed by atoms with Crippen molar-refractivity contribution in [1.29, 1.82) is 0 Å². The molecule has 0 aromatic carbocycles. The summed E-state index contributed by atoms with van der Waals surface area (Å²) in [7, 11) is -2.24. The topological polar surface area (TPSA) is 71.4 Å². The van der Waals surface area contributed by atoms with Crippen LogP contribution in [0.15, 0.2) is 0 Å². The van der Waals surface area contributed by atoms with E-state index >= 15 is 0 Å². The Morgan fingerprint density at radius 3 is 2.35 bits per heavy atom. The molecule has 0 aromatic rings. The number of unbranched alkanes of at least 4 members (excludes halogenated alkanes) is 1. The van der Waals surface area contributed by atoms with Gasteiger partial charge in [-0.2, -0.15) is 8.42 Å². The van der Waals surface area contributed by atoms with Gasteiger partial charge in [0.15, 0.2) is 0 Å². The van der Waals surface area contributed by atoms with E-state index in [1.54, 1.807) is 7.05 Å². The van der Waals surface area contributed by atoms with Crippen molar-refractivity contribution in [3.8, 4) is 12.5 Å². The van der Waals surface area contributed by atoms with Crippen molar-refractivity contribution in [3.05, 3.63) is 0 Å². The molecule has 1 atom stereocenters. The van der Waals surface area contributed by atoms with Crippen molar-refractivity contribution in [2.24, 2.45) is 0 Å². The highest BCUT2D eigenvalue weighted by atomic mass is 32.2. The van der Waals surface area contributed by atoms with E-state index in [0.717, 1.165) is 12.8 Å². The van der Waals surface area contributed by atoms with E-state index in [1.807, 2.05) is 0 Å². The van der Waals surface area contributed by atoms with Gasteiger partial charge in [0.2, 0.25) is 0 Å². The van der Waals surface area contributed by atoms with Gasteiger partial charge in [-0.25, -0.2) is 4.48 Å². The smallest absolute Gasteiger partial charge is 0.270 e. The van der Waals surface area contributed by atoms with Gasteiger partial charge in [-0.1, -0.05) is 6.42 Å². The molecule has 0 aliphatic heterocycles. The van der Waals surface area contributed by atoms with Gasteiger partial charge in [0, 0.05) is 6.42 Å². The zero-order valence-electron chi connectivity index (χ0n) is 10.3. The number of nitrogens with zero attached hydrogens (tertiary/aromatic N) is 1. The molecular weight excluding hydrogens is 242 g/mol. The second-order valence-electron chi connectivity index (χ2n) is 4.42. The molecule has 6 heteroatoms. The third-order valence-corrected chi connectivity index (χ3v) is 3.28. The van der Waals surface area contributed by atoms with E-state index in [0.29, 0.717) is 13.0 Å². The Hall–Kier alpha value is -0.900. The Balaban J connectivity index is 4.12. The first-order chi connectivity index (χ1) is 7.68. The zero-order valence-corrected chi connectivity index (χ0v) is 11.2. The normalized spacial score (nSPS) is 14.9. The standard InChI is InChI=1S/C11H19NO4S/c1-4-12(3,9-10-17(14,15)16)8-6-5-7-11(2)13/h1H,5-10H2,2-3H3/p+1. The van der Waals surface area contributed by atoms with Gasteiger partial charge in [0.05, 0.1) is 13.6 Å². The third-order valence-electron chi connectivity index (χ3n) is 2.58. The fraction of sp³-hybridized carbons (Fsp3) is 0.727. The molecule has 0 bridgehead atoms. The van der Waals surface area contributed by atoms with Gasteiger partial charge < -0.3 is 4.79 Å². The second kappa shape index (κ2) is 6.74. The van der Waals surface area contributed by atoms with Gasteiger partial charge in [-0.05, 0) is 19.8 Å². The summed E-state index contributed by atoms with van der Waals surface area (Å²) in [5.74, 6) is -0.210. The number of hydrogen-bond acceptors (Lipinski definition) is 3. The summed E-state index contributed by atoms with van der Waals surface area (Å²) in [6.45, 7) is 2.31. The van der Waals surface area contributed by atoms with Gasteiger partial charge in [-0.3, -0.25) is 4.55 Å². The first kappa shape index (κ1) is 16.1. The number of quaternary nitrogens is 1. The van der Waals surface area contributed by atoms with Crippen LogP contribution in [0.25, 0.3) is 0 Å². The van der Waals surface area contributed by atoms with Crippen LogP contribution in [0.5, 0.6) is 0 Å². The van der Waals surface area contributed by atoms with E-state index in [4.69, 9.17) is 11.0 Å². The van der Waals surface area contributed by atoms with Crippen LogP contribution in [0.1, 0.15) is 26.2 Å². The maximum absolute atomic E-state index is 10.7. The predicted molar refractivity (Wildman–Crippen MR) is 65.7 cm³/mol. The lowest BCUT2D eigenvalue weighted by Crippen LogP contribution is -2.43. The summed E-state index contributed by atoms with van der Waals surface area (Å²) in [5.41, 5.74) is 0. The lowest BCUT2D eigenvalue weighted by atomic mass is 10.2. The molecule has 0 fully saturated rings. The van der Waals surface area contributed by atoms with E-state index in [9.17, 15) is 13.2 Å². The van der Waals surface area contributed by atoms with Crippen LogP contribution in [0.2, 0.25) is 0 Å². The van der Waals surface area contributed by atoms with E-state index in [-0.39, 0.29) is 22.6 Å². The summed E-state index contributed by atoms with van der Waals surface area (Å²) >= 11 is 0. The van der Waals surface area contributed by atoms with Crippen molar-refractivity contribution < 1.29 is 22.2 Å². The predicted octanol–water partition coefficient (Wildman–Crippen LogP) is 0.671. The number of carbonyl (C=O) groups excluding carboxylic acids is 1. The molecule has 0 saturated heterocycles. The van der Waals surface area contributed by atoms with Crippen molar-refractivity contribution in [2.45, 2.75) is 26.2 Å².